The summed E-state index contributed by atoms with van der Waals surface area (Å²) in [4.78, 5) is 50.6. The van der Waals surface area contributed by atoms with Gasteiger partial charge in [0.25, 0.3) is 0 Å². The first-order chi connectivity index (χ1) is 14.7. The average Bonchev–Trinajstić information content (AvgIpc) is 2.95. The molecule has 1 aliphatic heterocycles. The third-order valence-electron chi connectivity index (χ3n) is 5.97. The number of aliphatic hydroxyl groups excluding tert-OH is 1. The smallest absolute Gasteiger partial charge is 0.334 e. The van der Waals surface area contributed by atoms with Crippen molar-refractivity contribution in [1.82, 2.24) is 0 Å². The van der Waals surface area contributed by atoms with Gasteiger partial charge < -0.3 is 24.4 Å². The van der Waals surface area contributed by atoms with E-state index in [-0.39, 0.29) is 18.4 Å². The number of aliphatic hydroxyl groups is 2. The molecule has 1 aliphatic carbocycles. The topological polar surface area (TPSA) is 136 Å². The second kappa shape index (κ2) is 9.70. The normalized spacial score (nSPS) is 36.0. The van der Waals surface area contributed by atoms with Crippen molar-refractivity contribution in [1.29, 1.82) is 0 Å². The van der Waals surface area contributed by atoms with Gasteiger partial charge in [0.1, 0.15) is 5.60 Å². The van der Waals surface area contributed by atoms with Crippen molar-refractivity contribution in [3.63, 3.8) is 0 Å². The zero-order valence-corrected chi connectivity index (χ0v) is 19.5. The SMILES string of the molecule is C=C1C(=O)O[C@@H]2[C@H]1[C@H](OC(=O)C(C)C)C(=O)[C@@H](C)C[C@H](O)C[C@](C)(O)[C@H]2OC(=O)C(C)C. The molecule has 9 heteroatoms. The highest BCUT2D eigenvalue weighted by molar-refractivity contribution is 5.95. The van der Waals surface area contributed by atoms with E-state index in [1.54, 1.807) is 34.6 Å². The molecule has 1 heterocycles. The molecule has 2 rings (SSSR count). The molecule has 0 bridgehead atoms. The van der Waals surface area contributed by atoms with Crippen molar-refractivity contribution >= 4 is 23.7 Å². The van der Waals surface area contributed by atoms with Gasteiger partial charge in [-0.3, -0.25) is 14.4 Å². The lowest BCUT2D eigenvalue weighted by molar-refractivity contribution is -0.199. The maximum absolute atomic E-state index is 13.3. The van der Waals surface area contributed by atoms with Crippen LogP contribution in [0.4, 0.5) is 0 Å². The minimum atomic E-state index is -1.81. The number of hydrogen-bond acceptors (Lipinski definition) is 9. The first-order valence-corrected chi connectivity index (χ1v) is 10.9. The maximum Gasteiger partial charge on any atom is 0.334 e. The molecule has 0 aromatic heterocycles. The lowest BCUT2D eigenvalue weighted by Gasteiger charge is -2.41. The Balaban J connectivity index is 2.63. The molecule has 9 nitrogen and oxygen atoms in total. The van der Waals surface area contributed by atoms with Crippen LogP contribution in [0.2, 0.25) is 0 Å². The average molecular weight is 455 g/mol. The predicted octanol–water partition coefficient (Wildman–Crippen LogP) is 1.33. The Morgan fingerprint density at radius 1 is 1.12 bits per heavy atom. The van der Waals surface area contributed by atoms with E-state index in [1.807, 2.05) is 0 Å². The lowest BCUT2D eigenvalue weighted by Crippen LogP contribution is -2.57. The summed E-state index contributed by atoms with van der Waals surface area (Å²) in [6.45, 7) is 13.1. The van der Waals surface area contributed by atoms with Gasteiger partial charge in [0.2, 0.25) is 0 Å². The molecule has 180 valence electrons. The molecular formula is C23H34O9. The zero-order chi connectivity index (χ0) is 24.5. The Hall–Kier alpha value is -2.26. The highest BCUT2D eigenvalue weighted by Crippen LogP contribution is 2.41. The number of ketones is 1. The van der Waals surface area contributed by atoms with E-state index < -0.39 is 77.4 Å². The van der Waals surface area contributed by atoms with Gasteiger partial charge in [-0.15, -0.1) is 0 Å². The number of hydrogen-bond donors (Lipinski definition) is 2. The number of rotatable bonds is 4. The summed E-state index contributed by atoms with van der Waals surface area (Å²) in [7, 11) is 0. The second-order valence-corrected chi connectivity index (χ2v) is 9.70. The van der Waals surface area contributed by atoms with Crippen molar-refractivity contribution < 1.29 is 43.6 Å². The Kier molecular flexibility index (Phi) is 7.88. The molecule has 0 spiro atoms. The number of fused-ring (bicyclic) bond motifs is 1. The quantitative estimate of drug-likeness (QED) is 0.366. The number of esters is 3. The summed E-state index contributed by atoms with van der Waals surface area (Å²) in [5.74, 6) is -5.69. The molecule has 2 aliphatic rings. The van der Waals surface area contributed by atoms with Gasteiger partial charge in [-0.25, -0.2) is 4.79 Å². The maximum atomic E-state index is 13.3. The van der Waals surface area contributed by atoms with Crippen molar-refractivity contribution in [3.05, 3.63) is 12.2 Å². The molecule has 32 heavy (non-hydrogen) atoms. The van der Waals surface area contributed by atoms with Crippen LogP contribution in [-0.4, -0.2) is 63.9 Å². The fraction of sp³-hybridized carbons (Fsp3) is 0.739. The number of carbonyl (C=O) groups excluding carboxylic acids is 4. The summed E-state index contributed by atoms with van der Waals surface area (Å²) in [6.07, 6.45) is -5.59. The van der Waals surface area contributed by atoms with E-state index >= 15 is 0 Å². The fourth-order valence-corrected chi connectivity index (χ4v) is 4.07. The highest BCUT2D eigenvalue weighted by Gasteiger charge is 2.57. The van der Waals surface area contributed by atoms with Crippen molar-refractivity contribution in [3.8, 4) is 0 Å². The molecule has 2 N–H and O–H groups in total. The van der Waals surface area contributed by atoms with Gasteiger partial charge >= 0.3 is 17.9 Å². The van der Waals surface area contributed by atoms with E-state index in [9.17, 15) is 29.4 Å². The predicted molar refractivity (Wildman–Crippen MR) is 112 cm³/mol. The Bertz CT molecular complexity index is 782. The van der Waals surface area contributed by atoms with Crippen molar-refractivity contribution in [2.45, 2.75) is 84.4 Å². The Labute approximate surface area is 188 Å². The molecule has 0 amide bonds. The van der Waals surface area contributed by atoms with E-state index in [4.69, 9.17) is 14.2 Å². The van der Waals surface area contributed by atoms with Gasteiger partial charge in [0.05, 0.1) is 23.9 Å². The Morgan fingerprint density at radius 3 is 2.19 bits per heavy atom. The standard InChI is InChI=1S/C23H34O9/c1-10(2)20(26)30-17-15-13(6)22(28)31-18(15)19(32-21(27)11(3)4)23(7,29)9-14(24)8-12(5)16(17)25/h10-12,14-15,17-19,24,29H,6,8-9H2,1-5,7H3/t12-,14-,15+,17-,18+,19-,23-/m0/s1. The van der Waals surface area contributed by atoms with Crippen LogP contribution < -0.4 is 0 Å². The lowest BCUT2D eigenvalue weighted by atomic mass is 9.75. The van der Waals surface area contributed by atoms with E-state index in [0.29, 0.717) is 0 Å². The number of ether oxygens (including phenoxy) is 3. The minimum Gasteiger partial charge on any atom is -0.455 e. The molecule has 0 unspecified atom stereocenters. The van der Waals surface area contributed by atoms with Crippen LogP contribution in [0.3, 0.4) is 0 Å². The molecule has 0 aromatic rings. The van der Waals surface area contributed by atoms with Crippen molar-refractivity contribution in [2.24, 2.45) is 23.7 Å². The molecular weight excluding hydrogens is 420 g/mol. The Morgan fingerprint density at radius 2 is 1.66 bits per heavy atom. The molecule has 0 radical (unpaired) electrons. The summed E-state index contributed by atoms with van der Waals surface area (Å²) >= 11 is 0. The summed E-state index contributed by atoms with van der Waals surface area (Å²) in [5.41, 5.74) is -1.93. The third-order valence-corrected chi connectivity index (χ3v) is 5.97. The van der Waals surface area contributed by atoms with Crippen LogP contribution in [0.5, 0.6) is 0 Å². The molecule has 0 aromatic carbocycles. The first-order valence-electron chi connectivity index (χ1n) is 10.9. The van der Waals surface area contributed by atoms with Crippen LogP contribution in [0.15, 0.2) is 12.2 Å². The van der Waals surface area contributed by atoms with Gasteiger partial charge in [-0.1, -0.05) is 41.2 Å². The van der Waals surface area contributed by atoms with Gasteiger partial charge in [-0.2, -0.15) is 0 Å². The van der Waals surface area contributed by atoms with Crippen LogP contribution in [0.1, 0.15) is 54.4 Å². The van der Waals surface area contributed by atoms with E-state index in [0.717, 1.165) is 0 Å². The van der Waals surface area contributed by atoms with E-state index in [2.05, 4.69) is 6.58 Å². The largest absolute Gasteiger partial charge is 0.455 e. The van der Waals surface area contributed by atoms with Crippen molar-refractivity contribution in [2.75, 3.05) is 0 Å². The summed E-state index contributed by atoms with van der Waals surface area (Å²) < 4.78 is 16.5. The first kappa shape index (κ1) is 26.0. The summed E-state index contributed by atoms with van der Waals surface area (Å²) in [5, 5.41) is 21.8. The van der Waals surface area contributed by atoms with Crippen LogP contribution in [-0.2, 0) is 33.4 Å². The van der Waals surface area contributed by atoms with Crippen LogP contribution in [0.25, 0.3) is 0 Å². The fourth-order valence-electron chi connectivity index (χ4n) is 4.07. The zero-order valence-electron chi connectivity index (χ0n) is 19.5. The van der Waals surface area contributed by atoms with Gasteiger partial charge in [0.15, 0.2) is 24.1 Å². The van der Waals surface area contributed by atoms with Crippen LogP contribution in [0, 0.1) is 23.7 Å². The molecule has 7 atom stereocenters. The van der Waals surface area contributed by atoms with Gasteiger partial charge in [-0.05, 0) is 13.3 Å². The number of Topliss-reactive ketones (excluding diaryl/α,β-unsaturated/α-hetero) is 1. The van der Waals surface area contributed by atoms with Crippen LogP contribution >= 0.6 is 0 Å². The monoisotopic (exact) mass is 454 g/mol. The van der Waals surface area contributed by atoms with E-state index in [1.165, 1.54) is 6.92 Å². The molecule has 1 saturated carbocycles. The molecule has 2 fully saturated rings. The van der Waals surface area contributed by atoms with Gasteiger partial charge in [0, 0.05) is 17.9 Å². The third kappa shape index (κ3) is 5.38. The summed E-state index contributed by atoms with van der Waals surface area (Å²) in [6, 6.07) is 0. The number of carbonyl (C=O) groups is 4. The molecule has 1 saturated heterocycles. The highest BCUT2D eigenvalue weighted by atomic mass is 16.6. The second-order valence-electron chi connectivity index (χ2n) is 9.70. The minimum absolute atomic E-state index is 0.0196.